The Kier molecular flexibility index (Phi) is 3.97. The molecular weight excluding hydrogens is 284 g/mol. The van der Waals surface area contributed by atoms with Crippen LogP contribution in [0, 0.1) is 0 Å². The van der Waals surface area contributed by atoms with E-state index in [0.717, 1.165) is 5.56 Å². The summed E-state index contributed by atoms with van der Waals surface area (Å²) in [6.45, 7) is 8.13. The van der Waals surface area contributed by atoms with Crippen molar-refractivity contribution in [2.45, 2.75) is 43.3 Å². The summed E-state index contributed by atoms with van der Waals surface area (Å²) in [6.07, 6.45) is 2.94. The Morgan fingerprint density at radius 3 is 2.14 bits per heavy atom. The van der Waals surface area contributed by atoms with Gasteiger partial charge in [-0.3, -0.25) is 4.68 Å². The molecule has 114 valence electrons. The molecule has 0 aliphatic heterocycles. The minimum absolute atomic E-state index is 0.0595. The van der Waals surface area contributed by atoms with E-state index in [2.05, 4.69) is 25.9 Å². The van der Waals surface area contributed by atoms with Crippen LogP contribution in [0.25, 0.3) is 0 Å². The molecule has 4 nitrogen and oxygen atoms in total. The van der Waals surface area contributed by atoms with Gasteiger partial charge in [0.15, 0.2) is 9.84 Å². The molecule has 0 spiro atoms. The zero-order valence-electron chi connectivity index (χ0n) is 13.2. The number of aromatic nitrogens is 2. The van der Waals surface area contributed by atoms with Crippen LogP contribution in [0.15, 0.2) is 41.6 Å². The van der Waals surface area contributed by atoms with Crippen molar-refractivity contribution in [1.29, 1.82) is 0 Å². The number of hydrogen-bond donors (Lipinski definition) is 0. The van der Waals surface area contributed by atoms with Crippen LogP contribution in [0.3, 0.4) is 0 Å². The molecule has 1 aromatic heterocycles. The maximum Gasteiger partial charge on any atom is 0.188 e. The zero-order chi connectivity index (χ0) is 15.8. The Morgan fingerprint density at radius 1 is 1.14 bits per heavy atom. The molecule has 0 bridgehead atoms. The molecule has 1 aromatic carbocycles. The van der Waals surface area contributed by atoms with Crippen LogP contribution in [-0.4, -0.2) is 18.2 Å². The Labute approximate surface area is 126 Å². The van der Waals surface area contributed by atoms with Crippen LogP contribution >= 0.6 is 0 Å². The molecule has 0 aliphatic rings. The Balaban J connectivity index is 2.34. The predicted octanol–water partition coefficient (Wildman–Crippen LogP) is 3.25. The van der Waals surface area contributed by atoms with Gasteiger partial charge in [0.25, 0.3) is 0 Å². The molecule has 0 amide bonds. The molecule has 1 atom stereocenters. The lowest BCUT2D eigenvalue weighted by atomic mass is 9.86. The maximum atomic E-state index is 12.6. The van der Waals surface area contributed by atoms with Crippen LogP contribution in [0.2, 0.25) is 0 Å². The number of nitrogens with zero attached hydrogens (tertiary/aromatic N) is 2. The normalized spacial score (nSPS) is 14.1. The highest BCUT2D eigenvalue weighted by atomic mass is 32.2. The average Bonchev–Trinajstić information content (AvgIpc) is 2.84. The molecule has 1 unspecified atom stereocenters. The zero-order valence-corrected chi connectivity index (χ0v) is 14.0. The van der Waals surface area contributed by atoms with E-state index in [-0.39, 0.29) is 10.3 Å². The molecule has 5 heteroatoms. The summed E-state index contributed by atoms with van der Waals surface area (Å²) >= 11 is 0. The highest BCUT2D eigenvalue weighted by molar-refractivity contribution is 7.91. The first kappa shape index (κ1) is 15.8. The number of hydrogen-bond acceptors (Lipinski definition) is 3. The minimum Gasteiger partial charge on any atom is -0.274 e. The Bertz CT molecular complexity index is 722. The van der Waals surface area contributed by atoms with Gasteiger partial charge in [-0.05, 0) is 23.5 Å². The van der Waals surface area contributed by atoms with Gasteiger partial charge in [-0.1, -0.05) is 45.0 Å². The Morgan fingerprint density at radius 2 is 1.71 bits per heavy atom. The third-order valence-electron chi connectivity index (χ3n) is 3.72. The molecule has 0 N–H and O–H groups in total. The largest absolute Gasteiger partial charge is 0.274 e. The van der Waals surface area contributed by atoms with Gasteiger partial charge in [0, 0.05) is 13.2 Å². The molecule has 0 radical (unpaired) electrons. The van der Waals surface area contributed by atoms with Crippen LogP contribution in [0.5, 0.6) is 0 Å². The highest BCUT2D eigenvalue weighted by Crippen LogP contribution is 2.30. The van der Waals surface area contributed by atoms with Crippen molar-refractivity contribution in [3.8, 4) is 0 Å². The summed E-state index contributed by atoms with van der Waals surface area (Å²) in [7, 11) is -1.69. The fourth-order valence-corrected chi connectivity index (χ4v) is 3.60. The van der Waals surface area contributed by atoms with Gasteiger partial charge in [-0.2, -0.15) is 5.10 Å². The second-order valence-corrected chi connectivity index (χ2v) is 8.68. The first-order valence-electron chi connectivity index (χ1n) is 6.95. The second-order valence-electron chi connectivity index (χ2n) is 6.41. The maximum absolute atomic E-state index is 12.6. The van der Waals surface area contributed by atoms with E-state index in [1.807, 2.05) is 24.3 Å². The van der Waals surface area contributed by atoms with Crippen LogP contribution < -0.4 is 0 Å². The molecule has 0 fully saturated rings. The lowest BCUT2D eigenvalue weighted by Gasteiger charge is -2.20. The molecule has 2 aromatic rings. The monoisotopic (exact) mass is 306 g/mol. The Hall–Kier alpha value is -1.62. The van der Waals surface area contributed by atoms with E-state index in [1.165, 1.54) is 22.6 Å². The van der Waals surface area contributed by atoms with Gasteiger partial charge in [0.05, 0.1) is 11.4 Å². The van der Waals surface area contributed by atoms with Crippen LogP contribution in [0.4, 0.5) is 0 Å². The molecule has 1 heterocycles. The topological polar surface area (TPSA) is 52.0 Å². The van der Waals surface area contributed by atoms with Crippen molar-refractivity contribution < 1.29 is 8.42 Å². The van der Waals surface area contributed by atoms with Crippen LogP contribution in [-0.2, 0) is 22.3 Å². The molecule has 21 heavy (non-hydrogen) atoms. The number of benzene rings is 1. The van der Waals surface area contributed by atoms with Gasteiger partial charge in [-0.25, -0.2) is 8.42 Å². The van der Waals surface area contributed by atoms with Crippen LogP contribution in [0.1, 0.15) is 44.1 Å². The number of aryl methyl sites for hydroxylation is 1. The van der Waals surface area contributed by atoms with Crippen molar-refractivity contribution in [3.05, 3.63) is 47.8 Å². The third kappa shape index (κ3) is 3.18. The van der Waals surface area contributed by atoms with Gasteiger partial charge in [-0.15, -0.1) is 0 Å². The van der Waals surface area contributed by atoms with E-state index in [4.69, 9.17) is 0 Å². The molecule has 0 saturated heterocycles. The van der Waals surface area contributed by atoms with Gasteiger partial charge < -0.3 is 0 Å². The summed E-state index contributed by atoms with van der Waals surface area (Å²) in [5.41, 5.74) is 2.05. The number of rotatable bonds is 3. The SMILES string of the molecule is CC(c1ccc(C(C)(C)C)cc1)S(=O)(=O)c1cnn(C)c1. The highest BCUT2D eigenvalue weighted by Gasteiger charge is 2.26. The fourth-order valence-electron chi connectivity index (χ4n) is 2.18. The third-order valence-corrected chi connectivity index (χ3v) is 5.79. The quantitative estimate of drug-likeness (QED) is 0.874. The van der Waals surface area contributed by atoms with Crippen molar-refractivity contribution >= 4 is 9.84 Å². The first-order valence-corrected chi connectivity index (χ1v) is 8.50. The molecular formula is C16H22N2O2S. The van der Waals surface area contributed by atoms with Crippen molar-refractivity contribution in [1.82, 2.24) is 9.78 Å². The first-order chi connectivity index (χ1) is 9.62. The van der Waals surface area contributed by atoms with Crippen molar-refractivity contribution in [2.24, 2.45) is 7.05 Å². The van der Waals surface area contributed by atoms with E-state index >= 15 is 0 Å². The predicted molar refractivity (Wildman–Crippen MR) is 84.0 cm³/mol. The lowest BCUT2D eigenvalue weighted by Crippen LogP contribution is -2.13. The van der Waals surface area contributed by atoms with Crippen molar-refractivity contribution in [3.63, 3.8) is 0 Å². The second kappa shape index (κ2) is 5.30. The summed E-state index contributed by atoms with van der Waals surface area (Å²) in [4.78, 5) is 0.261. The van der Waals surface area contributed by atoms with Gasteiger partial charge in [0.1, 0.15) is 4.90 Å². The smallest absolute Gasteiger partial charge is 0.188 e. The lowest BCUT2D eigenvalue weighted by molar-refractivity contribution is 0.584. The molecule has 0 saturated carbocycles. The van der Waals surface area contributed by atoms with E-state index in [1.54, 1.807) is 14.0 Å². The summed E-state index contributed by atoms with van der Waals surface area (Å²) in [6, 6.07) is 7.81. The average molecular weight is 306 g/mol. The molecule has 0 aliphatic carbocycles. The fraction of sp³-hybridized carbons (Fsp3) is 0.438. The standard InChI is InChI=1S/C16H22N2O2S/c1-12(21(19,20)15-10-17-18(5)11-15)13-6-8-14(9-7-13)16(2,3)4/h6-12H,1-5H3. The summed E-state index contributed by atoms with van der Waals surface area (Å²) in [5, 5.41) is 3.36. The summed E-state index contributed by atoms with van der Waals surface area (Å²) in [5.74, 6) is 0. The minimum atomic E-state index is -3.40. The van der Waals surface area contributed by atoms with Crippen molar-refractivity contribution in [2.75, 3.05) is 0 Å². The van der Waals surface area contributed by atoms with E-state index in [9.17, 15) is 8.42 Å². The van der Waals surface area contributed by atoms with Gasteiger partial charge >= 0.3 is 0 Å². The number of sulfone groups is 1. The van der Waals surface area contributed by atoms with E-state index in [0.29, 0.717) is 0 Å². The summed E-state index contributed by atoms with van der Waals surface area (Å²) < 4.78 is 26.7. The van der Waals surface area contributed by atoms with E-state index < -0.39 is 15.1 Å². The van der Waals surface area contributed by atoms with Gasteiger partial charge in [0.2, 0.25) is 0 Å². The molecule has 2 rings (SSSR count).